The minimum absolute atomic E-state index is 0.269. The van der Waals surface area contributed by atoms with E-state index in [0.29, 0.717) is 12.5 Å². The van der Waals surface area contributed by atoms with E-state index in [1.165, 1.54) is 14.1 Å². The van der Waals surface area contributed by atoms with Gasteiger partial charge in [-0.05, 0) is 23.6 Å². The maximum atomic E-state index is 11.5. The normalized spacial score (nSPS) is 12.1. The van der Waals surface area contributed by atoms with Gasteiger partial charge in [0, 0.05) is 20.6 Å². The van der Waals surface area contributed by atoms with Gasteiger partial charge in [0.2, 0.25) is 0 Å². The van der Waals surface area contributed by atoms with Gasteiger partial charge < -0.3 is 4.74 Å². The smallest absolute Gasteiger partial charge is 0.279 e. The maximum absolute atomic E-state index is 11.5. The molecule has 0 radical (unpaired) electrons. The van der Waals surface area contributed by atoms with Crippen LogP contribution in [0.2, 0.25) is 0 Å². The second kappa shape index (κ2) is 6.88. The molecule has 0 unspecified atom stereocenters. The Morgan fingerprint density at radius 3 is 2.26 bits per heavy atom. The van der Waals surface area contributed by atoms with Crippen LogP contribution in [0.4, 0.5) is 0 Å². The number of ether oxygens (including phenoxy) is 1. The monoisotopic (exact) mass is 286 g/mol. The third-order valence-electron chi connectivity index (χ3n) is 2.45. The molecule has 0 saturated heterocycles. The van der Waals surface area contributed by atoms with Crippen molar-refractivity contribution < 1.29 is 13.2 Å². The molecule has 0 saturated carbocycles. The Morgan fingerprint density at radius 1 is 1.21 bits per heavy atom. The third-order valence-corrected chi connectivity index (χ3v) is 3.92. The Labute approximate surface area is 115 Å². The summed E-state index contributed by atoms with van der Waals surface area (Å²) in [7, 11) is -0.393. The van der Waals surface area contributed by atoms with Crippen molar-refractivity contribution in [3.63, 3.8) is 0 Å². The SMILES string of the molecule is CC(C)COc1ccc(CNS(=O)(=O)N(C)C)cc1. The van der Waals surface area contributed by atoms with Gasteiger partial charge in [-0.25, -0.2) is 0 Å². The number of nitrogens with one attached hydrogen (secondary N) is 1. The molecular formula is C13H22N2O3S. The zero-order chi connectivity index (χ0) is 14.5. The first-order valence-electron chi connectivity index (χ1n) is 6.20. The summed E-state index contributed by atoms with van der Waals surface area (Å²) in [4.78, 5) is 0. The lowest BCUT2D eigenvalue weighted by molar-refractivity contribution is 0.271. The van der Waals surface area contributed by atoms with Gasteiger partial charge in [-0.3, -0.25) is 0 Å². The van der Waals surface area contributed by atoms with Crippen LogP contribution in [0.1, 0.15) is 19.4 Å². The predicted molar refractivity (Wildman–Crippen MR) is 76.2 cm³/mol. The van der Waals surface area contributed by atoms with Crippen LogP contribution in [0.3, 0.4) is 0 Å². The van der Waals surface area contributed by atoms with E-state index in [4.69, 9.17) is 4.74 Å². The molecule has 108 valence electrons. The Morgan fingerprint density at radius 2 is 1.79 bits per heavy atom. The lowest BCUT2D eigenvalue weighted by Gasteiger charge is -2.13. The molecule has 0 aliphatic rings. The first-order valence-corrected chi connectivity index (χ1v) is 7.64. The highest BCUT2D eigenvalue weighted by Crippen LogP contribution is 2.13. The Kier molecular flexibility index (Phi) is 5.78. The molecule has 0 aliphatic carbocycles. The highest BCUT2D eigenvalue weighted by Gasteiger charge is 2.11. The molecule has 0 bridgehead atoms. The van der Waals surface area contributed by atoms with E-state index >= 15 is 0 Å². The maximum Gasteiger partial charge on any atom is 0.279 e. The summed E-state index contributed by atoms with van der Waals surface area (Å²) >= 11 is 0. The lowest BCUT2D eigenvalue weighted by Crippen LogP contribution is -2.35. The van der Waals surface area contributed by atoms with Crippen LogP contribution in [0.15, 0.2) is 24.3 Å². The minimum atomic E-state index is -3.38. The van der Waals surface area contributed by atoms with Crippen LogP contribution in [-0.2, 0) is 16.8 Å². The Bertz CT molecular complexity index is 481. The van der Waals surface area contributed by atoms with Gasteiger partial charge in [0.1, 0.15) is 5.75 Å². The fraction of sp³-hybridized carbons (Fsp3) is 0.538. The number of nitrogens with zero attached hydrogens (tertiary/aromatic N) is 1. The first kappa shape index (κ1) is 15.9. The summed E-state index contributed by atoms with van der Waals surface area (Å²) in [5, 5.41) is 0. The van der Waals surface area contributed by atoms with E-state index in [1.54, 1.807) is 0 Å². The zero-order valence-corrected chi connectivity index (χ0v) is 12.7. The van der Waals surface area contributed by atoms with Crippen molar-refractivity contribution in [1.82, 2.24) is 9.03 Å². The molecule has 0 fully saturated rings. The Hall–Kier alpha value is -1.11. The van der Waals surface area contributed by atoms with Crippen LogP contribution in [-0.4, -0.2) is 33.4 Å². The molecule has 6 heteroatoms. The van der Waals surface area contributed by atoms with Crippen molar-refractivity contribution in [1.29, 1.82) is 0 Å². The molecule has 0 aromatic heterocycles. The largest absolute Gasteiger partial charge is 0.493 e. The summed E-state index contributed by atoms with van der Waals surface area (Å²) in [6.07, 6.45) is 0. The van der Waals surface area contributed by atoms with E-state index in [2.05, 4.69) is 18.6 Å². The molecule has 0 amide bonds. The van der Waals surface area contributed by atoms with Gasteiger partial charge in [0.25, 0.3) is 10.2 Å². The molecular weight excluding hydrogens is 264 g/mol. The molecule has 0 heterocycles. The zero-order valence-electron chi connectivity index (χ0n) is 11.9. The van der Waals surface area contributed by atoms with Crippen LogP contribution in [0.25, 0.3) is 0 Å². The summed E-state index contributed by atoms with van der Waals surface area (Å²) in [6, 6.07) is 7.41. The Balaban J connectivity index is 2.53. The van der Waals surface area contributed by atoms with Crippen molar-refractivity contribution in [3.8, 4) is 5.75 Å². The van der Waals surface area contributed by atoms with Crippen LogP contribution in [0.5, 0.6) is 5.75 Å². The molecule has 1 rings (SSSR count). The molecule has 1 aromatic carbocycles. The fourth-order valence-corrected chi connectivity index (χ4v) is 1.88. The summed E-state index contributed by atoms with van der Waals surface area (Å²) in [5.41, 5.74) is 0.891. The predicted octanol–water partition coefficient (Wildman–Crippen LogP) is 1.62. The molecule has 5 nitrogen and oxygen atoms in total. The van der Waals surface area contributed by atoms with Crippen molar-refractivity contribution >= 4 is 10.2 Å². The molecule has 1 aromatic rings. The molecule has 1 N–H and O–H groups in total. The van der Waals surface area contributed by atoms with E-state index in [1.807, 2.05) is 24.3 Å². The number of hydrogen-bond acceptors (Lipinski definition) is 3. The van der Waals surface area contributed by atoms with Crippen molar-refractivity contribution in [2.24, 2.45) is 5.92 Å². The molecule has 0 aliphatic heterocycles. The van der Waals surface area contributed by atoms with Gasteiger partial charge in [0.05, 0.1) is 6.61 Å². The molecule has 19 heavy (non-hydrogen) atoms. The van der Waals surface area contributed by atoms with Gasteiger partial charge >= 0.3 is 0 Å². The lowest BCUT2D eigenvalue weighted by atomic mass is 10.2. The summed E-state index contributed by atoms with van der Waals surface area (Å²) in [6.45, 7) is 5.12. The van der Waals surface area contributed by atoms with Gasteiger partial charge in [-0.1, -0.05) is 26.0 Å². The van der Waals surface area contributed by atoms with Crippen molar-refractivity contribution in [2.45, 2.75) is 20.4 Å². The van der Waals surface area contributed by atoms with Crippen molar-refractivity contribution in [3.05, 3.63) is 29.8 Å². The number of hydrogen-bond donors (Lipinski definition) is 1. The topological polar surface area (TPSA) is 58.6 Å². The second-order valence-corrected chi connectivity index (χ2v) is 6.93. The second-order valence-electron chi connectivity index (χ2n) is 4.96. The molecule has 0 atom stereocenters. The first-order chi connectivity index (χ1) is 8.81. The van der Waals surface area contributed by atoms with Crippen molar-refractivity contribution in [2.75, 3.05) is 20.7 Å². The fourth-order valence-electron chi connectivity index (χ4n) is 1.27. The molecule has 0 spiro atoms. The van der Waals surface area contributed by atoms with E-state index in [-0.39, 0.29) is 6.54 Å². The quantitative estimate of drug-likeness (QED) is 0.828. The third kappa shape index (κ3) is 5.59. The van der Waals surface area contributed by atoms with Gasteiger partial charge in [0.15, 0.2) is 0 Å². The van der Waals surface area contributed by atoms with Crippen LogP contribution in [0, 0.1) is 5.92 Å². The average molecular weight is 286 g/mol. The average Bonchev–Trinajstić information content (AvgIpc) is 2.35. The van der Waals surface area contributed by atoms with E-state index in [9.17, 15) is 8.42 Å². The summed E-state index contributed by atoms with van der Waals surface area (Å²) < 4.78 is 32.3. The summed E-state index contributed by atoms with van der Waals surface area (Å²) in [5.74, 6) is 1.28. The minimum Gasteiger partial charge on any atom is -0.493 e. The van der Waals surface area contributed by atoms with Crippen LogP contribution < -0.4 is 9.46 Å². The van der Waals surface area contributed by atoms with Crippen LogP contribution >= 0.6 is 0 Å². The van der Waals surface area contributed by atoms with Gasteiger partial charge in [-0.15, -0.1) is 0 Å². The van der Waals surface area contributed by atoms with E-state index < -0.39 is 10.2 Å². The highest BCUT2D eigenvalue weighted by molar-refractivity contribution is 7.87. The standard InChI is InChI=1S/C13H22N2O3S/c1-11(2)10-18-13-7-5-12(6-8-13)9-14-19(16,17)15(3)4/h5-8,11,14H,9-10H2,1-4H3. The number of rotatable bonds is 7. The van der Waals surface area contributed by atoms with E-state index in [0.717, 1.165) is 15.6 Å². The van der Waals surface area contributed by atoms with Gasteiger partial charge in [-0.2, -0.15) is 17.4 Å². The number of benzene rings is 1. The highest BCUT2D eigenvalue weighted by atomic mass is 32.2.